The summed E-state index contributed by atoms with van der Waals surface area (Å²) in [4.78, 5) is 23.2. The number of nitrogens with two attached hydrogens (primary N) is 1. The molecule has 3 heterocycles. The van der Waals surface area contributed by atoms with Crippen molar-refractivity contribution in [2.24, 2.45) is 5.92 Å². The number of nitrogens with one attached hydrogen (secondary N) is 1. The Morgan fingerprint density at radius 3 is 2.59 bits per heavy atom. The fraction of sp³-hybridized carbons (Fsp3) is 0.476. The van der Waals surface area contributed by atoms with E-state index in [2.05, 4.69) is 15.3 Å². The number of amides is 1. The third-order valence-electron chi connectivity index (χ3n) is 6.18. The lowest BCUT2D eigenvalue weighted by molar-refractivity contribution is -0.197. The van der Waals surface area contributed by atoms with Crippen LogP contribution in [0.3, 0.4) is 0 Å². The van der Waals surface area contributed by atoms with E-state index in [9.17, 15) is 26.7 Å². The number of piperidine rings is 2. The number of anilines is 3. The van der Waals surface area contributed by atoms with E-state index in [1.807, 2.05) is 0 Å². The van der Waals surface area contributed by atoms with Gasteiger partial charge in [-0.05, 0) is 37.5 Å². The third-order valence-corrected chi connectivity index (χ3v) is 6.39. The van der Waals surface area contributed by atoms with Crippen LogP contribution in [0, 0.1) is 17.6 Å². The van der Waals surface area contributed by atoms with Crippen LogP contribution in [0.25, 0.3) is 0 Å². The molecule has 0 spiro atoms. The number of carbonyl (C=O) groups excluding carboxylic acids is 1. The van der Waals surface area contributed by atoms with Crippen LogP contribution in [0.5, 0.6) is 0 Å². The molecule has 0 radical (unpaired) electrons. The second-order valence-corrected chi connectivity index (χ2v) is 8.81. The summed E-state index contributed by atoms with van der Waals surface area (Å²) in [5.41, 5.74) is 5.75. The number of carbonyl (C=O) groups is 1. The molecule has 13 heteroatoms. The molecule has 1 aromatic heterocycles. The molecule has 3 N–H and O–H groups in total. The Morgan fingerprint density at radius 1 is 1.12 bits per heavy atom. The van der Waals surface area contributed by atoms with E-state index in [0.29, 0.717) is 12.8 Å². The fourth-order valence-electron chi connectivity index (χ4n) is 4.62. The number of alkyl halides is 3. The van der Waals surface area contributed by atoms with Gasteiger partial charge >= 0.3 is 6.18 Å². The summed E-state index contributed by atoms with van der Waals surface area (Å²) in [6.07, 6.45) is -3.08. The molecular formula is C21H22ClF5N6O. The number of nitrogens with zero attached hydrogens (tertiary/aromatic N) is 4. The number of hydrogen-bond donors (Lipinski definition) is 2. The maximum atomic E-state index is 14.5. The Bertz CT molecular complexity index is 1050. The minimum Gasteiger partial charge on any atom is -0.381 e. The molecule has 2 aliphatic rings. The van der Waals surface area contributed by atoms with Crippen molar-refractivity contribution in [3.8, 4) is 0 Å². The van der Waals surface area contributed by atoms with E-state index in [1.165, 1.54) is 15.9 Å². The average Bonchev–Trinajstić information content (AvgIpc) is 2.75. The van der Waals surface area contributed by atoms with E-state index in [1.54, 1.807) is 0 Å². The highest BCUT2D eigenvalue weighted by molar-refractivity contribution is 6.30. The first-order valence-corrected chi connectivity index (χ1v) is 11.0. The van der Waals surface area contributed by atoms with Crippen molar-refractivity contribution < 1.29 is 26.7 Å². The quantitative estimate of drug-likeness (QED) is 0.615. The summed E-state index contributed by atoms with van der Waals surface area (Å²) in [5, 5.41) is 3.01. The van der Waals surface area contributed by atoms with Gasteiger partial charge in [0.1, 0.15) is 18.2 Å². The van der Waals surface area contributed by atoms with Crippen LogP contribution in [0.15, 0.2) is 24.5 Å². The Balaban J connectivity index is 1.59. The number of nitrogen functional groups attached to an aromatic ring is 1. The third kappa shape index (κ3) is 4.96. The fourth-order valence-corrected chi connectivity index (χ4v) is 4.84. The molecule has 1 aromatic carbocycles. The smallest absolute Gasteiger partial charge is 0.381 e. The molecule has 0 aliphatic carbocycles. The molecule has 0 saturated carbocycles. The molecule has 2 aromatic rings. The van der Waals surface area contributed by atoms with Gasteiger partial charge < -0.3 is 20.9 Å². The molecule has 7 nitrogen and oxygen atoms in total. The van der Waals surface area contributed by atoms with Crippen LogP contribution < -0.4 is 16.0 Å². The van der Waals surface area contributed by atoms with Crippen LogP contribution in [0.1, 0.15) is 19.3 Å². The molecule has 184 valence electrons. The molecule has 2 unspecified atom stereocenters. The standard InChI is InChI=1S/C21H22ClF5N6O/c22-11-6-12(23)8-13(7-11)31-15-2-1-4-33(20(15)34)16-9-32(5-3-14(16)21(25,26)27)19-17(24)18(28)29-10-30-19/h6-8,10,14-16,31H,1-5,9H2,(H2,28,29,30)/t14?,15-,16?/m0/s1. The Kier molecular flexibility index (Phi) is 6.70. The number of halogens is 6. The lowest BCUT2D eigenvalue weighted by Gasteiger charge is -2.47. The molecular weight excluding hydrogens is 483 g/mol. The largest absolute Gasteiger partial charge is 0.393 e. The lowest BCUT2D eigenvalue weighted by Crippen LogP contribution is -2.62. The van der Waals surface area contributed by atoms with E-state index in [0.717, 1.165) is 18.5 Å². The highest BCUT2D eigenvalue weighted by Gasteiger charge is 2.51. The van der Waals surface area contributed by atoms with Crippen molar-refractivity contribution >= 4 is 34.8 Å². The molecule has 4 rings (SSSR count). The van der Waals surface area contributed by atoms with Gasteiger partial charge in [-0.1, -0.05) is 11.6 Å². The van der Waals surface area contributed by atoms with Gasteiger partial charge in [-0.2, -0.15) is 17.6 Å². The molecule has 34 heavy (non-hydrogen) atoms. The topological polar surface area (TPSA) is 87.4 Å². The summed E-state index contributed by atoms with van der Waals surface area (Å²) in [5.74, 6) is -4.48. The predicted molar refractivity (Wildman–Crippen MR) is 116 cm³/mol. The number of aromatic nitrogens is 2. The van der Waals surface area contributed by atoms with Crippen molar-refractivity contribution in [3.63, 3.8) is 0 Å². The van der Waals surface area contributed by atoms with Crippen LogP contribution in [-0.4, -0.2) is 58.7 Å². The SMILES string of the molecule is Nc1ncnc(N2CCC(C(F)(F)F)C(N3CCC[C@H](Nc4cc(F)cc(Cl)c4)C3=O)C2)c1F. The van der Waals surface area contributed by atoms with Crippen LogP contribution in [-0.2, 0) is 4.79 Å². The first-order valence-electron chi connectivity index (χ1n) is 10.7. The van der Waals surface area contributed by atoms with Crippen molar-refractivity contribution in [2.45, 2.75) is 37.5 Å². The number of hydrogen-bond acceptors (Lipinski definition) is 6. The number of benzene rings is 1. The van der Waals surface area contributed by atoms with Crippen molar-refractivity contribution in [1.29, 1.82) is 0 Å². The van der Waals surface area contributed by atoms with Crippen molar-refractivity contribution in [3.05, 3.63) is 41.2 Å². The summed E-state index contributed by atoms with van der Waals surface area (Å²) >= 11 is 5.87. The van der Waals surface area contributed by atoms with E-state index < -0.39 is 47.5 Å². The minimum absolute atomic E-state index is 0.112. The van der Waals surface area contributed by atoms with Crippen molar-refractivity contribution in [1.82, 2.24) is 14.9 Å². The monoisotopic (exact) mass is 504 g/mol. The van der Waals surface area contributed by atoms with Gasteiger partial charge in [0.15, 0.2) is 11.6 Å². The highest BCUT2D eigenvalue weighted by Crippen LogP contribution is 2.39. The average molecular weight is 505 g/mol. The van der Waals surface area contributed by atoms with Crippen LogP contribution in [0.4, 0.5) is 39.3 Å². The molecule has 2 saturated heterocycles. The minimum atomic E-state index is -4.56. The van der Waals surface area contributed by atoms with E-state index >= 15 is 0 Å². The number of likely N-dealkylation sites (tertiary alicyclic amines) is 1. The predicted octanol–water partition coefficient (Wildman–Crippen LogP) is 3.85. The van der Waals surface area contributed by atoms with Gasteiger partial charge in [0.2, 0.25) is 11.7 Å². The zero-order valence-electron chi connectivity index (χ0n) is 17.8. The van der Waals surface area contributed by atoms with Gasteiger partial charge in [-0.15, -0.1) is 0 Å². The summed E-state index contributed by atoms with van der Waals surface area (Å²) in [7, 11) is 0. The molecule has 2 aliphatic heterocycles. The van der Waals surface area contributed by atoms with E-state index in [-0.39, 0.29) is 42.6 Å². The molecule has 3 atom stereocenters. The lowest BCUT2D eigenvalue weighted by atomic mass is 9.87. The summed E-state index contributed by atoms with van der Waals surface area (Å²) < 4.78 is 70.0. The molecule has 2 fully saturated rings. The number of rotatable bonds is 4. The normalized spacial score (nSPS) is 23.8. The maximum Gasteiger partial charge on any atom is 0.393 e. The maximum absolute atomic E-state index is 14.5. The first-order chi connectivity index (χ1) is 16.0. The second-order valence-electron chi connectivity index (χ2n) is 8.38. The zero-order chi connectivity index (χ0) is 24.6. The van der Waals surface area contributed by atoms with Gasteiger partial charge in [0, 0.05) is 30.3 Å². The van der Waals surface area contributed by atoms with Gasteiger partial charge in [0.25, 0.3) is 0 Å². The van der Waals surface area contributed by atoms with Crippen LogP contribution in [0.2, 0.25) is 5.02 Å². The first kappa shape index (κ1) is 24.2. The van der Waals surface area contributed by atoms with E-state index in [4.69, 9.17) is 17.3 Å². The Labute approximate surface area is 197 Å². The highest BCUT2D eigenvalue weighted by atomic mass is 35.5. The summed E-state index contributed by atoms with van der Waals surface area (Å²) in [6, 6.07) is 1.56. The van der Waals surface area contributed by atoms with Crippen molar-refractivity contribution in [2.75, 3.05) is 35.6 Å². The Morgan fingerprint density at radius 2 is 1.88 bits per heavy atom. The van der Waals surface area contributed by atoms with Gasteiger partial charge in [0.05, 0.1) is 12.0 Å². The summed E-state index contributed by atoms with van der Waals surface area (Å²) in [6.45, 7) is -0.276. The Hall–Kier alpha value is -2.89. The van der Waals surface area contributed by atoms with Crippen LogP contribution >= 0.6 is 11.6 Å². The van der Waals surface area contributed by atoms with Gasteiger partial charge in [-0.25, -0.2) is 14.4 Å². The van der Waals surface area contributed by atoms with Gasteiger partial charge in [-0.3, -0.25) is 4.79 Å². The second kappa shape index (κ2) is 9.40. The molecule has 0 bridgehead atoms. The zero-order valence-corrected chi connectivity index (χ0v) is 18.6. The molecule has 1 amide bonds.